The minimum atomic E-state index is -0.200. The molecule has 1 heterocycles. The molecule has 2 nitrogen and oxygen atoms in total. The summed E-state index contributed by atoms with van der Waals surface area (Å²) >= 11 is 0. The first-order valence-electron chi connectivity index (χ1n) is 5.84. The number of anilines is 1. The molecule has 0 amide bonds. The van der Waals surface area contributed by atoms with Crippen molar-refractivity contribution in [1.29, 1.82) is 0 Å². The maximum atomic E-state index is 13.2. The number of hydrogen-bond donors (Lipinski definition) is 1. The van der Waals surface area contributed by atoms with Crippen LogP contribution in [0.15, 0.2) is 18.2 Å². The maximum Gasteiger partial charge on any atom is 0.125 e. The van der Waals surface area contributed by atoms with Crippen molar-refractivity contribution in [3.63, 3.8) is 0 Å². The van der Waals surface area contributed by atoms with Gasteiger partial charge in [-0.05, 0) is 37.5 Å². The summed E-state index contributed by atoms with van der Waals surface area (Å²) in [6.07, 6.45) is 1.92. The third kappa shape index (κ3) is 2.19. The second kappa shape index (κ2) is 4.06. The Labute approximate surface area is 96.2 Å². The molecule has 1 aromatic carbocycles. The molecule has 0 saturated heterocycles. The Morgan fingerprint density at radius 3 is 2.94 bits per heavy atom. The number of nitrogens with two attached hydrogens (primary N) is 1. The predicted octanol–water partition coefficient (Wildman–Crippen LogP) is 2.32. The first-order chi connectivity index (χ1) is 7.52. The van der Waals surface area contributed by atoms with Crippen LogP contribution in [0.1, 0.15) is 25.8 Å². The molecule has 88 valence electrons. The molecule has 2 N–H and O–H groups in total. The molecule has 0 spiro atoms. The number of fused-ring (bicyclic) bond motifs is 1. The van der Waals surface area contributed by atoms with E-state index in [0.29, 0.717) is 0 Å². The van der Waals surface area contributed by atoms with E-state index in [4.69, 9.17) is 5.73 Å². The van der Waals surface area contributed by atoms with Gasteiger partial charge < -0.3 is 10.6 Å². The number of benzene rings is 1. The van der Waals surface area contributed by atoms with Crippen LogP contribution in [0.5, 0.6) is 0 Å². The second-order valence-corrected chi connectivity index (χ2v) is 4.95. The zero-order chi connectivity index (χ0) is 11.8. The summed E-state index contributed by atoms with van der Waals surface area (Å²) in [4.78, 5) is 2.20. The van der Waals surface area contributed by atoms with E-state index < -0.39 is 0 Å². The van der Waals surface area contributed by atoms with E-state index in [-0.39, 0.29) is 11.4 Å². The average Bonchev–Trinajstić information content (AvgIpc) is 2.61. The average molecular weight is 222 g/mol. The smallest absolute Gasteiger partial charge is 0.125 e. The normalized spacial score (nSPS) is 18.4. The molecular formula is C13H19FN2. The number of nitrogens with zero attached hydrogens (tertiary/aromatic N) is 1. The summed E-state index contributed by atoms with van der Waals surface area (Å²) in [7, 11) is 0. The van der Waals surface area contributed by atoms with Gasteiger partial charge in [0.05, 0.1) is 0 Å². The van der Waals surface area contributed by atoms with E-state index in [0.717, 1.165) is 31.6 Å². The molecule has 3 heteroatoms. The van der Waals surface area contributed by atoms with Gasteiger partial charge in [0.25, 0.3) is 0 Å². The standard InChI is InChI=1S/C13H19FN2/c1-3-13(2,15)9-16-7-6-10-4-5-11(14)8-12(10)16/h4-5,8H,3,6-7,9,15H2,1-2H3. The van der Waals surface area contributed by atoms with Gasteiger partial charge in [-0.3, -0.25) is 0 Å². The molecule has 0 radical (unpaired) electrons. The molecule has 0 fully saturated rings. The molecule has 1 aliphatic heterocycles. The van der Waals surface area contributed by atoms with Crippen molar-refractivity contribution in [2.45, 2.75) is 32.2 Å². The van der Waals surface area contributed by atoms with Crippen molar-refractivity contribution in [1.82, 2.24) is 0 Å². The Morgan fingerprint density at radius 2 is 2.25 bits per heavy atom. The molecule has 1 aromatic rings. The van der Waals surface area contributed by atoms with Gasteiger partial charge in [-0.1, -0.05) is 13.0 Å². The summed E-state index contributed by atoms with van der Waals surface area (Å²) in [6.45, 7) is 5.87. The third-order valence-electron chi connectivity index (χ3n) is 3.40. The summed E-state index contributed by atoms with van der Waals surface area (Å²) in [5.41, 5.74) is 8.20. The molecule has 0 aromatic heterocycles. The molecule has 0 saturated carbocycles. The first kappa shape index (κ1) is 11.4. The van der Waals surface area contributed by atoms with E-state index in [1.165, 1.54) is 11.6 Å². The SMILES string of the molecule is CCC(C)(N)CN1CCc2ccc(F)cc21. The van der Waals surface area contributed by atoms with E-state index in [2.05, 4.69) is 11.8 Å². The molecule has 1 atom stereocenters. The quantitative estimate of drug-likeness (QED) is 0.850. The molecular weight excluding hydrogens is 203 g/mol. The van der Waals surface area contributed by atoms with Crippen LogP contribution in [-0.4, -0.2) is 18.6 Å². The fraction of sp³-hybridized carbons (Fsp3) is 0.538. The molecule has 16 heavy (non-hydrogen) atoms. The zero-order valence-corrected chi connectivity index (χ0v) is 9.96. The lowest BCUT2D eigenvalue weighted by atomic mass is 10.00. The van der Waals surface area contributed by atoms with E-state index in [1.54, 1.807) is 6.07 Å². The van der Waals surface area contributed by atoms with Gasteiger partial charge in [0.15, 0.2) is 0 Å². The van der Waals surface area contributed by atoms with Crippen molar-refractivity contribution >= 4 is 5.69 Å². The van der Waals surface area contributed by atoms with Gasteiger partial charge in [0.1, 0.15) is 5.82 Å². The van der Waals surface area contributed by atoms with Crippen LogP contribution in [-0.2, 0) is 6.42 Å². The monoisotopic (exact) mass is 222 g/mol. The van der Waals surface area contributed by atoms with Crippen molar-refractivity contribution < 1.29 is 4.39 Å². The van der Waals surface area contributed by atoms with Gasteiger partial charge in [-0.25, -0.2) is 4.39 Å². The lowest BCUT2D eigenvalue weighted by Crippen LogP contribution is -2.47. The van der Waals surface area contributed by atoms with Crippen LogP contribution >= 0.6 is 0 Å². The van der Waals surface area contributed by atoms with Crippen LogP contribution in [0, 0.1) is 5.82 Å². The Bertz CT molecular complexity index is 388. The second-order valence-electron chi connectivity index (χ2n) is 4.95. The predicted molar refractivity (Wildman–Crippen MR) is 65.2 cm³/mol. The summed E-state index contributed by atoms with van der Waals surface area (Å²) < 4.78 is 13.2. The van der Waals surface area contributed by atoms with Gasteiger partial charge in [0, 0.05) is 24.3 Å². The van der Waals surface area contributed by atoms with Gasteiger partial charge in [0.2, 0.25) is 0 Å². The van der Waals surface area contributed by atoms with Crippen LogP contribution in [0.25, 0.3) is 0 Å². The highest BCUT2D eigenvalue weighted by Crippen LogP contribution is 2.29. The third-order valence-corrected chi connectivity index (χ3v) is 3.40. The largest absolute Gasteiger partial charge is 0.369 e. The molecule has 0 aliphatic carbocycles. The fourth-order valence-electron chi connectivity index (χ4n) is 2.13. The Morgan fingerprint density at radius 1 is 1.50 bits per heavy atom. The van der Waals surface area contributed by atoms with Gasteiger partial charge in [-0.15, -0.1) is 0 Å². The number of halogens is 1. The van der Waals surface area contributed by atoms with Crippen molar-refractivity contribution in [3.8, 4) is 0 Å². The topological polar surface area (TPSA) is 29.3 Å². The van der Waals surface area contributed by atoms with Crippen LogP contribution in [0.2, 0.25) is 0 Å². The highest BCUT2D eigenvalue weighted by atomic mass is 19.1. The molecule has 0 bridgehead atoms. The Balaban J connectivity index is 2.20. The van der Waals surface area contributed by atoms with E-state index in [1.807, 2.05) is 13.0 Å². The van der Waals surface area contributed by atoms with E-state index in [9.17, 15) is 4.39 Å². The van der Waals surface area contributed by atoms with Crippen molar-refractivity contribution in [2.75, 3.05) is 18.0 Å². The number of hydrogen-bond acceptors (Lipinski definition) is 2. The summed E-state index contributed by atoms with van der Waals surface area (Å²) in [5.74, 6) is -0.166. The number of rotatable bonds is 3. The minimum Gasteiger partial charge on any atom is -0.369 e. The molecule has 1 unspecified atom stereocenters. The van der Waals surface area contributed by atoms with Crippen LogP contribution in [0.4, 0.5) is 10.1 Å². The lowest BCUT2D eigenvalue weighted by molar-refractivity contribution is 0.449. The lowest BCUT2D eigenvalue weighted by Gasteiger charge is -2.30. The minimum absolute atomic E-state index is 0.166. The van der Waals surface area contributed by atoms with Crippen molar-refractivity contribution in [2.24, 2.45) is 5.73 Å². The fourth-order valence-corrected chi connectivity index (χ4v) is 2.13. The summed E-state index contributed by atoms with van der Waals surface area (Å²) in [6, 6.07) is 5.03. The highest BCUT2D eigenvalue weighted by Gasteiger charge is 2.25. The van der Waals surface area contributed by atoms with Crippen LogP contribution in [0.3, 0.4) is 0 Å². The van der Waals surface area contributed by atoms with Gasteiger partial charge >= 0.3 is 0 Å². The highest BCUT2D eigenvalue weighted by molar-refractivity contribution is 5.58. The Hall–Kier alpha value is -1.09. The van der Waals surface area contributed by atoms with Crippen LogP contribution < -0.4 is 10.6 Å². The zero-order valence-electron chi connectivity index (χ0n) is 9.96. The molecule has 2 rings (SSSR count). The van der Waals surface area contributed by atoms with Gasteiger partial charge in [-0.2, -0.15) is 0 Å². The molecule has 1 aliphatic rings. The summed E-state index contributed by atoms with van der Waals surface area (Å²) in [5, 5.41) is 0. The van der Waals surface area contributed by atoms with E-state index >= 15 is 0 Å². The maximum absolute atomic E-state index is 13.2. The Kier molecular flexibility index (Phi) is 2.89. The first-order valence-corrected chi connectivity index (χ1v) is 5.84. The van der Waals surface area contributed by atoms with Crippen molar-refractivity contribution in [3.05, 3.63) is 29.6 Å².